The number of pyridine rings is 1. The number of nitrogens with one attached hydrogen (secondary N) is 1. The largest absolute Gasteiger partial charge is 0.491 e. The lowest BCUT2D eigenvalue weighted by Gasteiger charge is -2.35. The normalized spacial score (nSPS) is 20.3. The molecule has 1 aliphatic carbocycles. The Hall–Kier alpha value is -3.02. The predicted octanol–water partition coefficient (Wildman–Crippen LogP) is 4.04. The second kappa shape index (κ2) is 11.8. The van der Waals surface area contributed by atoms with Gasteiger partial charge in [0.05, 0.1) is 15.6 Å². The second-order valence-corrected chi connectivity index (χ2v) is 10.8. The Balaban J connectivity index is 1.19. The number of halogens is 4. The molecular formula is C28H28Cl2F2N4O4. The summed E-state index contributed by atoms with van der Waals surface area (Å²) in [4.78, 5) is 28.4. The van der Waals surface area contributed by atoms with Gasteiger partial charge in [0.1, 0.15) is 35.7 Å². The van der Waals surface area contributed by atoms with Crippen molar-refractivity contribution < 1.29 is 23.4 Å². The standard InChI is InChI=1S/C28H28Cl2F2N4O4/c1-2-16-9-25(16)36-14-20(27(38)19-11-24(32)22(30)12-26(19)36)28(39)33-35-7-5-34(6-8-35)13-17(37)15-40-18-3-4-21(29)23(31)10-18/h2-4,10-12,14,16-17,25,37H,1,5-9,13,15H2,(H,33,39)/t16?,17-,25?/m1/s1. The van der Waals surface area contributed by atoms with E-state index in [1.807, 2.05) is 15.5 Å². The van der Waals surface area contributed by atoms with Gasteiger partial charge >= 0.3 is 0 Å². The molecule has 1 saturated carbocycles. The van der Waals surface area contributed by atoms with Crippen molar-refractivity contribution in [3.63, 3.8) is 0 Å². The molecule has 0 radical (unpaired) electrons. The highest BCUT2D eigenvalue weighted by Gasteiger charge is 2.37. The van der Waals surface area contributed by atoms with Crippen LogP contribution in [0.4, 0.5) is 8.78 Å². The second-order valence-electron chi connectivity index (χ2n) is 10.0. The first kappa shape index (κ1) is 28.5. The van der Waals surface area contributed by atoms with Crippen LogP contribution in [0.3, 0.4) is 0 Å². The smallest absolute Gasteiger partial charge is 0.271 e. The highest BCUT2D eigenvalue weighted by atomic mass is 35.5. The molecular weight excluding hydrogens is 565 g/mol. The number of hydrogen-bond donors (Lipinski definition) is 2. The number of aliphatic hydroxyl groups excluding tert-OH is 1. The van der Waals surface area contributed by atoms with Crippen LogP contribution in [-0.2, 0) is 0 Å². The molecule has 12 heteroatoms. The van der Waals surface area contributed by atoms with Gasteiger partial charge in [-0.1, -0.05) is 29.3 Å². The van der Waals surface area contributed by atoms with E-state index in [0.29, 0.717) is 38.2 Å². The maximum Gasteiger partial charge on any atom is 0.271 e. The predicted molar refractivity (Wildman–Crippen MR) is 149 cm³/mol. The van der Waals surface area contributed by atoms with E-state index in [9.17, 15) is 23.5 Å². The molecule has 3 aromatic rings. The van der Waals surface area contributed by atoms with Crippen LogP contribution in [0.25, 0.3) is 10.9 Å². The Kier molecular flexibility index (Phi) is 8.44. The van der Waals surface area contributed by atoms with E-state index < -0.39 is 29.1 Å². The average Bonchev–Trinajstić information content (AvgIpc) is 3.71. The number of ether oxygens (including phenoxy) is 1. The molecule has 1 amide bonds. The summed E-state index contributed by atoms with van der Waals surface area (Å²) in [6.07, 6.45) is 3.32. The highest BCUT2D eigenvalue weighted by molar-refractivity contribution is 6.31. The minimum Gasteiger partial charge on any atom is -0.491 e. The third-order valence-electron chi connectivity index (χ3n) is 7.22. The summed E-state index contributed by atoms with van der Waals surface area (Å²) in [5.41, 5.74) is 2.60. The number of benzene rings is 2. The Labute approximate surface area is 239 Å². The number of aliphatic hydroxyl groups is 1. The third-order valence-corrected chi connectivity index (χ3v) is 7.81. The fourth-order valence-corrected chi connectivity index (χ4v) is 5.19. The van der Waals surface area contributed by atoms with Gasteiger partial charge in [-0.25, -0.2) is 13.8 Å². The molecule has 212 valence electrons. The number of aromatic nitrogens is 1. The quantitative estimate of drug-likeness (QED) is 0.365. The SMILES string of the molecule is C=CC1CC1n1cc(C(=O)NN2CCN(C[C@@H](O)COc3ccc(Cl)c(F)c3)CC2)c(=O)c2cc(F)c(Cl)cc21. The zero-order valence-electron chi connectivity index (χ0n) is 21.5. The van der Waals surface area contributed by atoms with Crippen LogP contribution in [0.1, 0.15) is 22.8 Å². The summed E-state index contributed by atoms with van der Waals surface area (Å²) >= 11 is 11.7. The van der Waals surface area contributed by atoms with Crippen molar-refractivity contribution in [3.8, 4) is 5.75 Å². The van der Waals surface area contributed by atoms with Gasteiger partial charge in [0.2, 0.25) is 5.43 Å². The number of hydrazine groups is 1. The number of β-amino-alcohol motifs (C(OH)–C–C–N with tert-alkyl or cyclic N) is 1. The Morgan fingerprint density at radius 1 is 1.15 bits per heavy atom. The van der Waals surface area contributed by atoms with Crippen LogP contribution in [0.2, 0.25) is 10.0 Å². The van der Waals surface area contributed by atoms with E-state index in [-0.39, 0.29) is 45.3 Å². The Bertz CT molecular complexity index is 1510. The zero-order valence-corrected chi connectivity index (χ0v) is 23.0. The fourth-order valence-electron chi connectivity index (χ4n) is 4.91. The third kappa shape index (κ3) is 6.16. The monoisotopic (exact) mass is 592 g/mol. The minimum absolute atomic E-state index is 0.00588. The number of nitrogens with zero attached hydrogens (tertiary/aromatic N) is 3. The lowest BCUT2D eigenvalue weighted by atomic mass is 10.1. The van der Waals surface area contributed by atoms with E-state index in [1.165, 1.54) is 24.4 Å². The van der Waals surface area contributed by atoms with Gasteiger partial charge in [-0.2, -0.15) is 0 Å². The zero-order chi connectivity index (χ0) is 28.6. The van der Waals surface area contributed by atoms with Crippen LogP contribution in [0.15, 0.2) is 54.0 Å². The number of carbonyl (C=O) groups excluding carboxylic acids is 1. The summed E-state index contributed by atoms with van der Waals surface area (Å²) < 4.78 is 35.1. The molecule has 2 aliphatic rings. The molecule has 2 heterocycles. The maximum atomic E-state index is 14.3. The number of hydrogen-bond acceptors (Lipinski definition) is 6. The molecule has 5 rings (SSSR count). The summed E-state index contributed by atoms with van der Waals surface area (Å²) in [6, 6.07) is 6.58. The lowest BCUT2D eigenvalue weighted by Crippen LogP contribution is -2.55. The van der Waals surface area contributed by atoms with Gasteiger partial charge in [-0.15, -0.1) is 6.58 Å². The van der Waals surface area contributed by atoms with Crippen LogP contribution in [-0.4, -0.2) is 70.9 Å². The van der Waals surface area contributed by atoms with Crippen LogP contribution in [0, 0.1) is 17.6 Å². The number of carbonyl (C=O) groups is 1. The lowest BCUT2D eigenvalue weighted by molar-refractivity contribution is 0.0316. The molecule has 2 N–H and O–H groups in total. The van der Waals surface area contributed by atoms with Crippen molar-refractivity contribution in [1.82, 2.24) is 19.9 Å². The van der Waals surface area contributed by atoms with E-state index in [1.54, 1.807) is 5.01 Å². The van der Waals surface area contributed by atoms with Crippen molar-refractivity contribution in [2.24, 2.45) is 5.92 Å². The van der Waals surface area contributed by atoms with E-state index >= 15 is 0 Å². The van der Waals surface area contributed by atoms with Crippen molar-refractivity contribution in [3.05, 3.63) is 86.7 Å². The van der Waals surface area contributed by atoms with Crippen LogP contribution >= 0.6 is 23.2 Å². The summed E-state index contributed by atoms with van der Waals surface area (Å²) in [5, 5.41) is 12.1. The number of amides is 1. The maximum absolute atomic E-state index is 14.3. The number of rotatable bonds is 9. The van der Waals surface area contributed by atoms with Gasteiger partial charge in [0.15, 0.2) is 0 Å². The summed E-state index contributed by atoms with van der Waals surface area (Å²) in [7, 11) is 0. The first-order chi connectivity index (χ1) is 19.1. The van der Waals surface area contributed by atoms with Crippen LogP contribution in [0.5, 0.6) is 5.75 Å². The molecule has 0 bridgehead atoms. The molecule has 1 aromatic heterocycles. The van der Waals surface area contributed by atoms with Crippen molar-refractivity contribution >= 4 is 40.0 Å². The molecule has 1 saturated heterocycles. The molecule has 1 aliphatic heterocycles. The summed E-state index contributed by atoms with van der Waals surface area (Å²) in [6.45, 7) is 6.12. The molecule has 8 nitrogen and oxygen atoms in total. The number of fused-ring (bicyclic) bond motifs is 1. The number of piperazine rings is 1. The molecule has 2 unspecified atom stereocenters. The molecule has 0 spiro atoms. The van der Waals surface area contributed by atoms with Gasteiger partial charge in [-0.05, 0) is 36.6 Å². The highest BCUT2D eigenvalue weighted by Crippen LogP contribution is 2.45. The Morgan fingerprint density at radius 2 is 1.88 bits per heavy atom. The van der Waals surface area contributed by atoms with Gasteiger partial charge in [-0.3, -0.25) is 19.9 Å². The molecule has 2 aromatic carbocycles. The van der Waals surface area contributed by atoms with E-state index in [2.05, 4.69) is 12.0 Å². The van der Waals surface area contributed by atoms with Crippen molar-refractivity contribution in [2.45, 2.75) is 18.6 Å². The first-order valence-electron chi connectivity index (χ1n) is 12.8. The fraction of sp³-hybridized carbons (Fsp3) is 0.357. The van der Waals surface area contributed by atoms with Gasteiger partial charge in [0, 0.05) is 56.4 Å². The van der Waals surface area contributed by atoms with Gasteiger partial charge < -0.3 is 14.4 Å². The van der Waals surface area contributed by atoms with E-state index in [4.69, 9.17) is 27.9 Å². The van der Waals surface area contributed by atoms with E-state index in [0.717, 1.165) is 18.6 Å². The minimum atomic E-state index is -0.813. The van der Waals surface area contributed by atoms with Crippen molar-refractivity contribution in [1.29, 1.82) is 0 Å². The van der Waals surface area contributed by atoms with Gasteiger partial charge in [0.25, 0.3) is 5.91 Å². The topological polar surface area (TPSA) is 87.0 Å². The average molecular weight is 593 g/mol. The Morgan fingerprint density at radius 3 is 2.55 bits per heavy atom. The molecule has 40 heavy (non-hydrogen) atoms. The van der Waals surface area contributed by atoms with Crippen LogP contribution < -0.4 is 15.6 Å². The number of allylic oxidation sites excluding steroid dienone is 1. The molecule has 2 fully saturated rings. The van der Waals surface area contributed by atoms with Crippen molar-refractivity contribution in [2.75, 3.05) is 39.3 Å². The first-order valence-corrected chi connectivity index (χ1v) is 13.6. The summed E-state index contributed by atoms with van der Waals surface area (Å²) in [5.74, 6) is -1.45. The molecule has 3 atom stereocenters.